The van der Waals surface area contributed by atoms with Gasteiger partial charge in [0, 0.05) is 12.0 Å². The Morgan fingerprint density at radius 1 is 1.32 bits per heavy atom. The van der Waals surface area contributed by atoms with E-state index in [2.05, 4.69) is 4.74 Å². The first kappa shape index (κ1) is 15.4. The van der Waals surface area contributed by atoms with Crippen molar-refractivity contribution >= 4 is 23.6 Å². The molecule has 0 aliphatic rings. The summed E-state index contributed by atoms with van der Waals surface area (Å²) in [5.74, 6) is 1.42. The van der Waals surface area contributed by atoms with Crippen LogP contribution in [0, 0.1) is 0 Å². The largest absolute Gasteiger partial charge is 0.493 e. The number of esters is 1. The molecule has 0 N–H and O–H groups in total. The highest BCUT2D eigenvalue weighted by Gasteiger charge is 2.04. The summed E-state index contributed by atoms with van der Waals surface area (Å²) in [5, 5.41) is 0. The molecule has 104 valence electrons. The van der Waals surface area contributed by atoms with Crippen LogP contribution in [-0.2, 0) is 9.53 Å². The van der Waals surface area contributed by atoms with Gasteiger partial charge in [0.05, 0.1) is 20.8 Å². The molecule has 0 aliphatic carbocycles. The summed E-state index contributed by atoms with van der Waals surface area (Å²) in [4.78, 5) is 11.0. The third-order valence-electron chi connectivity index (χ3n) is 2.34. The molecule has 0 spiro atoms. The van der Waals surface area contributed by atoms with Crippen LogP contribution in [0.15, 0.2) is 24.3 Å². The molecular weight excluding hydrogens is 268 g/mol. The third-order valence-corrected chi connectivity index (χ3v) is 2.60. The normalized spacial score (nSPS) is 10.5. The zero-order chi connectivity index (χ0) is 14.1. The monoisotopic (exact) mass is 284 g/mol. The van der Waals surface area contributed by atoms with Crippen LogP contribution in [-0.4, -0.2) is 32.7 Å². The Balaban J connectivity index is 2.77. The molecular formula is C14H17ClO4. The summed E-state index contributed by atoms with van der Waals surface area (Å²) < 4.78 is 15.3. The fourth-order valence-electron chi connectivity index (χ4n) is 1.38. The highest BCUT2D eigenvalue weighted by atomic mass is 35.5. The van der Waals surface area contributed by atoms with Gasteiger partial charge in [-0.15, -0.1) is 11.6 Å². The van der Waals surface area contributed by atoms with E-state index >= 15 is 0 Å². The van der Waals surface area contributed by atoms with E-state index in [0.29, 0.717) is 24.0 Å². The van der Waals surface area contributed by atoms with Crippen LogP contribution >= 0.6 is 11.6 Å². The number of benzene rings is 1. The standard InChI is InChI=1S/C14H17ClO4/c1-17-13-10-11(5-7-14(16)18-2)4-6-12(13)19-9-3-8-15/h4-7,10H,3,8-9H2,1-2H3. The Hall–Kier alpha value is -1.68. The van der Waals surface area contributed by atoms with Gasteiger partial charge in [0.25, 0.3) is 0 Å². The van der Waals surface area contributed by atoms with Gasteiger partial charge >= 0.3 is 5.97 Å². The predicted molar refractivity (Wildman–Crippen MR) is 74.9 cm³/mol. The van der Waals surface area contributed by atoms with E-state index in [4.69, 9.17) is 21.1 Å². The molecule has 5 heteroatoms. The summed E-state index contributed by atoms with van der Waals surface area (Å²) in [6.07, 6.45) is 3.77. The van der Waals surface area contributed by atoms with Crippen molar-refractivity contribution in [2.24, 2.45) is 0 Å². The number of rotatable bonds is 7. The van der Waals surface area contributed by atoms with E-state index in [1.165, 1.54) is 13.2 Å². The topological polar surface area (TPSA) is 44.8 Å². The van der Waals surface area contributed by atoms with Crippen molar-refractivity contribution in [2.75, 3.05) is 26.7 Å². The van der Waals surface area contributed by atoms with Crippen molar-refractivity contribution in [2.45, 2.75) is 6.42 Å². The van der Waals surface area contributed by atoms with E-state index in [-0.39, 0.29) is 0 Å². The maximum atomic E-state index is 11.0. The van der Waals surface area contributed by atoms with Crippen LogP contribution in [0.3, 0.4) is 0 Å². The molecule has 1 aromatic rings. The molecule has 0 bridgehead atoms. The first-order valence-corrected chi connectivity index (χ1v) is 6.37. The Morgan fingerprint density at radius 2 is 2.11 bits per heavy atom. The molecule has 0 radical (unpaired) electrons. The lowest BCUT2D eigenvalue weighted by atomic mass is 10.2. The molecule has 0 fully saturated rings. The first-order chi connectivity index (χ1) is 9.21. The molecule has 1 aromatic carbocycles. The minimum Gasteiger partial charge on any atom is -0.493 e. The quantitative estimate of drug-likeness (QED) is 0.334. The Labute approximate surface area is 117 Å². The van der Waals surface area contributed by atoms with Gasteiger partial charge in [0.1, 0.15) is 0 Å². The molecule has 0 saturated heterocycles. The van der Waals surface area contributed by atoms with Gasteiger partial charge in [-0.1, -0.05) is 6.07 Å². The average molecular weight is 285 g/mol. The molecule has 0 saturated carbocycles. The SMILES string of the molecule is COC(=O)C=Cc1ccc(OCCCCl)c(OC)c1. The Bertz CT molecular complexity index is 443. The number of methoxy groups -OCH3 is 2. The number of halogens is 1. The number of hydrogen-bond acceptors (Lipinski definition) is 4. The Morgan fingerprint density at radius 3 is 2.74 bits per heavy atom. The number of hydrogen-bond donors (Lipinski definition) is 0. The molecule has 4 nitrogen and oxygen atoms in total. The summed E-state index contributed by atoms with van der Waals surface area (Å²) in [5.41, 5.74) is 0.826. The smallest absolute Gasteiger partial charge is 0.330 e. The van der Waals surface area contributed by atoms with Gasteiger partial charge in [-0.25, -0.2) is 4.79 Å². The number of alkyl halides is 1. The summed E-state index contributed by atoms with van der Waals surface area (Å²) >= 11 is 5.59. The van der Waals surface area contributed by atoms with Crippen LogP contribution in [0.5, 0.6) is 11.5 Å². The summed E-state index contributed by atoms with van der Waals surface area (Å²) in [6, 6.07) is 5.41. The zero-order valence-electron chi connectivity index (χ0n) is 11.0. The Kier molecular flexibility index (Phi) is 6.82. The molecule has 1 rings (SSSR count). The molecule has 0 atom stereocenters. The number of ether oxygens (including phenoxy) is 3. The summed E-state index contributed by atoms with van der Waals surface area (Å²) in [7, 11) is 2.90. The third kappa shape index (κ3) is 5.22. The van der Waals surface area contributed by atoms with Gasteiger partial charge in [-0.05, 0) is 30.2 Å². The van der Waals surface area contributed by atoms with Crippen molar-refractivity contribution < 1.29 is 19.0 Å². The van der Waals surface area contributed by atoms with E-state index in [1.807, 2.05) is 6.07 Å². The van der Waals surface area contributed by atoms with Gasteiger partial charge in [-0.3, -0.25) is 0 Å². The zero-order valence-corrected chi connectivity index (χ0v) is 11.8. The van der Waals surface area contributed by atoms with Crippen molar-refractivity contribution in [1.82, 2.24) is 0 Å². The van der Waals surface area contributed by atoms with E-state index < -0.39 is 5.97 Å². The minimum absolute atomic E-state index is 0.401. The second kappa shape index (κ2) is 8.43. The molecule has 0 aromatic heterocycles. The fourth-order valence-corrected chi connectivity index (χ4v) is 1.49. The fraction of sp³-hybridized carbons (Fsp3) is 0.357. The molecule has 0 heterocycles. The van der Waals surface area contributed by atoms with Crippen molar-refractivity contribution in [3.05, 3.63) is 29.8 Å². The van der Waals surface area contributed by atoms with E-state index in [1.54, 1.807) is 25.3 Å². The van der Waals surface area contributed by atoms with Crippen molar-refractivity contribution in [3.63, 3.8) is 0 Å². The minimum atomic E-state index is -0.401. The van der Waals surface area contributed by atoms with Crippen LogP contribution in [0.1, 0.15) is 12.0 Å². The van der Waals surface area contributed by atoms with Crippen LogP contribution < -0.4 is 9.47 Å². The first-order valence-electron chi connectivity index (χ1n) is 5.84. The van der Waals surface area contributed by atoms with E-state index in [0.717, 1.165) is 12.0 Å². The van der Waals surface area contributed by atoms with Crippen LogP contribution in [0.2, 0.25) is 0 Å². The van der Waals surface area contributed by atoms with Crippen molar-refractivity contribution in [3.8, 4) is 11.5 Å². The lowest BCUT2D eigenvalue weighted by Crippen LogP contribution is -2.00. The predicted octanol–water partition coefficient (Wildman–Crippen LogP) is 2.89. The molecule has 0 unspecified atom stereocenters. The lowest BCUT2D eigenvalue weighted by Gasteiger charge is -2.10. The average Bonchev–Trinajstić information content (AvgIpc) is 2.45. The highest BCUT2D eigenvalue weighted by Crippen LogP contribution is 2.28. The van der Waals surface area contributed by atoms with Gasteiger partial charge in [0.2, 0.25) is 0 Å². The maximum absolute atomic E-state index is 11.0. The molecule has 19 heavy (non-hydrogen) atoms. The second-order valence-corrected chi connectivity index (χ2v) is 4.04. The lowest BCUT2D eigenvalue weighted by molar-refractivity contribution is -0.134. The summed E-state index contributed by atoms with van der Waals surface area (Å²) in [6.45, 7) is 0.539. The maximum Gasteiger partial charge on any atom is 0.330 e. The van der Waals surface area contributed by atoms with E-state index in [9.17, 15) is 4.79 Å². The highest BCUT2D eigenvalue weighted by molar-refractivity contribution is 6.17. The number of carbonyl (C=O) groups is 1. The van der Waals surface area contributed by atoms with Gasteiger partial charge in [0.15, 0.2) is 11.5 Å². The second-order valence-electron chi connectivity index (χ2n) is 3.66. The van der Waals surface area contributed by atoms with Crippen LogP contribution in [0.4, 0.5) is 0 Å². The van der Waals surface area contributed by atoms with Gasteiger partial charge in [-0.2, -0.15) is 0 Å². The molecule has 0 aliphatic heterocycles. The van der Waals surface area contributed by atoms with Crippen LogP contribution in [0.25, 0.3) is 6.08 Å². The van der Waals surface area contributed by atoms with Gasteiger partial charge < -0.3 is 14.2 Å². The number of carbonyl (C=O) groups excluding carboxylic acids is 1. The van der Waals surface area contributed by atoms with Crippen molar-refractivity contribution in [1.29, 1.82) is 0 Å². The molecule has 0 amide bonds.